The van der Waals surface area contributed by atoms with Crippen LogP contribution < -0.4 is 14.3 Å². The fourth-order valence-corrected chi connectivity index (χ4v) is 7.18. The second-order valence-corrected chi connectivity index (χ2v) is 11.6. The summed E-state index contributed by atoms with van der Waals surface area (Å²) in [6, 6.07) is 1.30. The minimum absolute atomic E-state index is 0. The Morgan fingerprint density at radius 1 is 1.14 bits per heavy atom. The molecule has 2 aliphatic carbocycles. The molecule has 0 saturated carbocycles. The molecule has 2 aromatic rings. The van der Waals surface area contributed by atoms with Crippen molar-refractivity contribution < 1.29 is 17.9 Å². The van der Waals surface area contributed by atoms with Gasteiger partial charge in [0.2, 0.25) is 0 Å². The zero-order valence-electron chi connectivity index (χ0n) is 21.1. The molecule has 1 aromatic heterocycles. The summed E-state index contributed by atoms with van der Waals surface area (Å²) in [7, 11) is -0.540. The van der Waals surface area contributed by atoms with Gasteiger partial charge in [-0.1, -0.05) is 6.07 Å². The summed E-state index contributed by atoms with van der Waals surface area (Å²) in [5, 5.41) is 7.26. The van der Waals surface area contributed by atoms with E-state index in [1.807, 2.05) is 7.05 Å². The molecule has 1 aliphatic heterocycles. The Bertz CT molecular complexity index is 1190. The van der Waals surface area contributed by atoms with Gasteiger partial charge in [-0.3, -0.25) is 4.68 Å². The molecule has 5 rings (SSSR count). The quantitative estimate of drug-likeness (QED) is 0.495. The summed E-state index contributed by atoms with van der Waals surface area (Å²) in [5.41, 5.74) is 6.16. The number of ether oxygens (including phenoxy) is 1. The Labute approximate surface area is 241 Å². The van der Waals surface area contributed by atoms with E-state index >= 15 is 0 Å². The van der Waals surface area contributed by atoms with Crippen molar-refractivity contribution in [1.29, 1.82) is 0 Å². The third-order valence-electron chi connectivity index (χ3n) is 7.61. The van der Waals surface area contributed by atoms with Gasteiger partial charge >= 0.3 is 45.8 Å². The maximum atomic E-state index is 13.7. The molecule has 12 heteroatoms. The number of methoxy groups -OCH3 is 1. The topological polar surface area (TPSA) is 109 Å². The summed E-state index contributed by atoms with van der Waals surface area (Å²) < 4.78 is 37.8. The van der Waals surface area contributed by atoms with Crippen molar-refractivity contribution in [2.45, 2.75) is 64.0 Å². The number of hydrogen-bond donors (Lipinski definition) is 2. The normalized spacial score (nSPS) is 17.7. The van der Waals surface area contributed by atoms with Gasteiger partial charge in [-0.15, -0.1) is 0 Å². The third kappa shape index (κ3) is 6.17. The number of piperidine rings is 1. The first-order chi connectivity index (χ1) is 17.4. The number of rotatable bonds is 8. The first kappa shape index (κ1) is 28.4. The SMILES string of the molecule is COCCn1cc(N(C2CCN(C)CC2)S(=O)(=O)NC(=O)Nc2c3c(cc4c2CCC4)CCC3)cn1.[NaH]. The van der Waals surface area contributed by atoms with Crippen LogP contribution >= 0.6 is 0 Å². The minimum atomic E-state index is -4.18. The van der Waals surface area contributed by atoms with Crippen LogP contribution in [0, 0.1) is 0 Å². The van der Waals surface area contributed by atoms with Crippen LogP contribution in [-0.4, -0.2) is 98.6 Å². The molecule has 10 nitrogen and oxygen atoms in total. The van der Waals surface area contributed by atoms with E-state index in [4.69, 9.17) is 4.74 Å². The monoisotopic (exact) mass is 540 g/mol. The summed E-state index contributed by atoms with van der Waals surface area (Å²) >= 11 is 0. The predicted octanol–water partition coefficient (Wildman–Crippen LogP) is 1.83. The maximum absolute atomic E-state index is 13.7. The van der Waals surface area contributed by atoms with E-state index in [0.717, 1.165) is 68.4 Å². The van der Waals surface area contributed by atoms with Crippen LogP contribution in [0.2, 0.25) is 0 Å². The number of aromatic nitrogens is 2. The molecule has 1 aromatic carbocycles. The van der Waals surface area contributed by atoms with Gasteiger partial charge in [-0.25, -0.2) is 13.8 Å². The van der Waals surface area contributed by atoms with E-state index < -0.39 is 16.2 Å². The summed E-state index contributed by atoms with van der Waals surface area (Å²) in [4.78, 5) is 15.4. The van der Waals surface area contributed by atoms with E-state index in [-0.39, 0.29) is 35.6 Å². The third-order valence-corrected chi connectivity index (χ3v) is 9.08. The van der Waals surface area contributed by atoms with Crippen molar-refractivity contribution in [1.82, 2.24) is 19.4 Å². The van der Waals surface area contributed by atoms with Crippen LogP contribution in [0.25, 0.3) is 0 Å². The number of urea groups is 1. The fraction of sp³-hybridized carbons (Fsp3) is 0.600. The van der Waals surface area contributed by atoms with E-state index in [1.54, 1.807) is 24.2 Å². The molecule has 0 spiro atoms. The number of nitrogens with zero attached hydrogens (tertiary/aromatic N) is 4. The molecule has 0 radical (unpaired) electrons. The van der Waals surface area contributed by atoms with Gasteiger partial charge < -0.3 is 15.0 Å². The number of carbonyl (C=O) groups excluding carboxylic acids is 1. The zero-order valence-corrected chi connectivity index (χ0v) is 21.9. The van der Waals surface area contributed by atoms with Gasteiger partial charge in [0.1, 0.15) is 0 Å². The van der Waals surface area contributed by atoms with E-state index in [1.165, 1.54) is 15.4 Å². The molecule has 3 aliphatic rings. The number of likely N-dealkylation sites (tertiary alicyclic amines) is 1. The van der Waals surface area contributed by atoms with Crippen LogP contribution in [0.15, 0.2) is 18.5 Å². The van der Waals surface area contributed by atoms with Gasteiger partial charge in [0.05, 0.1) is 25.0 Å². The van der Waals surface area contributed by atoms with Crippen molar-refractivity contribution in [3.63, 3.8) is 0 Å². The predicted molar refractivity (Wildman–Crippen MR) is 146 cm³/mol. The number of amides is 2. The first-order valence-electron chi connectivity index (χ1n) is 12.9. The van der Waals surface area contributed by atoms with Crippen molar-refractivity contribution >= 4 is 57.2 Å². The zero-order chi connectivity index (χ0) is 25.3. The number of aryl methyl sites for hydroxylation is 2. The molecule has 2 heterocycles. The van der Waals surface area contributed by atoms with Crippen molar-refractivity contribution in [3.8, 4) is 0 Å². The molecule has 0 atom stereocenters. The second kappa shape index (κ2) is 12.0. The number of fused-ring (bicyclic) bond motifs is 2. The molecular formula is C25H37N6NaO4S. The standard InChI is InChI=1S/C25H36N6O4S.Na.H/c1-29-11-9-20(10-12-29)31(21-16-26-30(17-21)13-14-35-2)36(33,34)28-25(32)27-24-22-7-3-5-18(22)15-19-6-4-8-23(19)24;;/h15-17,20H,3-14H2,1-2H3,(H2,27,28,32);;. The number of benzene rings is 1. The first-order valence-corrected chi connectivity index (χ1v) is 14.3. The van der Waals surface area contributed by atoms with E-state index in [9.17, 15) is 13.2 Å². The Kier molecular flexibility index (Phi) is 9.24. The molecule has 1 saturated heterocycles. The second-order valence-electron chi connectivity index (χ2n) is 10.1. The molecule has 198 valence electrons. The van der Waals surface area contributed by atoms with Crippen LogP contribution in [0.3, 0.4) is 0 Å². The molecule has 0 bridgehead atoms. The average molecular weight is 541 g/mol. The summed E-state index contributed by atoms with van der Waals surface area (Å²) in [6.45, 7) is 2.54. The van der Waals surface area contributed by atoms with E-state index in [2.05, 4.69) is 26.1 Å². The number of nitrogens with one attached hydrogen (secondary N) is 2. The van der Waals surface area contributed by atoms with Crippen LogP contribution in [0.5, 0.6) is 0 Å². The van der Waals surface area contributed by atoms with Gasteiger partial charge in [0.25, 0.3) is 0 Å². The van der Waals surface area contributed by atoms with Crippen LogP contribution in [0.4, 0.5) is 16.2 Å². The van der Waals surface area contributed by atoms with Crippen molar-refractivity contribution in [3.05, 3.63) is 40.7 Å². The fourth-order valence-electron chi connectivity index (χ4n) is 5.82. The van der Waals surface area contributed by atoms with Gasteiger partial charge in [0.15, 0.2) is 0 Å². The molecule has 1 fully saturated rings. The summed E-state index contributed by atoms with van der Waals surface area (Å²) in [6.07, 6.45) is 10.5. The number of hydrogen-bond acceptors (Lipinski definition) is 6. The molecule has 0 unspecified atom stereocenters. The average Bonchev–Trinajstić information content (AvgIpc) is 3.59. The summed E-state index contributed by atoms with van der Waals surface area (Å²) in [5.74, 6) is 0. The Hall–Kier alpha value is -1.63. The number of anilines is 2. The van der Waals surface area contributed by atoms with Gasteiger partial charge in [0, 0.05) is 25.0 Å². The van der Waals surface area contributed by atoms with Gasteiger partial charge in [-0.05, 0) is 93.8 Å². The Morgan fingerprint density at radius 3 is 2.41 bits per heavy atom. The molecule has 2 N–H and O–H groups in total. The molecule has 37 heavy (non-hydrogen) atoms. The van der Waals surface area contributed by atoms with Gasteiger partial charge in [-0.2, -0.15) is 13.5 Å². The van der Waals surface area contributed by atoms with Crippen molar-refractivity contribution in [2.24, 2.45) is 0 Å². The molecule has 2 amide bonds. The van der Waals surface area contributed by atoms with Crippen LogP contribution in [0.1, 0.15) is 47.9 Å². The number of carbonyl (C=O) groups is 1. The van der Waals surface area contributed by atoms with E-state index in [0.29, 0.717) is 31.7 Å². The van der Waals surface area contributed by atoms with Crippen LogP contribution in [-0.2, 0) is 47.2 Å². The van der Waals surface area contributed by atoms with Crippen molar-refractivity contribution in [2.75, 3.05) is 43.5 Å². The Morgan fingerprint density at radius 2 is 1.78 bits per heavy atom. The molecular weight excluding hydrogens is 503 g/mol. The Balaban J connectivity index is 0.00000320.